The van der Waals surface area contributed by atoms with E-state index in [-0.39, 0.29) is 25.3 Å². The van der Waals surface area contributed by atoms with Crippen molar-refractivity contribution < 1.29 is 37.0 Å². The van der Waals surface area contributed by atoms with Crippen molar-refractivity contribution in [2.75, 3.05) is 24.6 Å². The summed E-state index contributed by atoms with van der Waals surface area (Å²) in [6.45, 7) is 8.44. The van der Waals surface area contributed by atoms with Crippen LogP contribution in [0.1, 0.15) is 39.7 Å². The maximum absolute atomic E-state index is 12.2. The van der Waals surface area contributed by atoms with Gasteiger partial charge in [-0.2, -0.15) is 0 Å². The van der Waals surface area contributed by atoms with Crippen molar-refractivity contribution in [3.8, 4) is 5.75 Å². The second-order valence-electron chi connectivity index (χ2n) is 8.24. The lowest BCUT2D eigenvalue weighted by Crippen LogP contribution is -2.36. The van der Waals surface area contributed by atoms with Crippen molar-refractivity contribution in [2.45, 2.75) is 52.7 Å². The average molecular weight is 473 g/mol. The molecule has 0 heterocycles. The number of ether oxygens (including phenoxy) is 3. The SMILES string of the molecule is Cc1ccc(OC(=O)OC(C)CS(=O)(=O)CCNC(=O)CCNC(=O)OC(C)(C)C)cc1. The van der Waals surface area contributed by atoms with Gasteiger partial charge in [0.25, 0.3) is 0 Å². The standard InChI is InChI=1S/C21H32N2O8S/c1-15-6-8-17(9-7-15)30-20(26)29-16(2)14-32(27,28)13-12-22-18(24)10-11-23-19(25)31-21(3,4)5/h6-9,16H,10-14H2,1-5H3,(H,22,24)(H,23,25). The molecule has 0 aromatic heterocycles. The van der Waals surface area contributed by atoms with Crippen LogP contribution in [0.3, 0.4) is 0 Å². The highest BCUT2D eigenvalue weighted by atomic mass is 32.2. The first-order valence-corrected chi connectivity index (χ1v) is 12.0. The van der Waals surface area contributed by atoms with E-state index in [1.54, 1.807) is 45.0 Å². The lowest BCUT2D eigenvalue weighted by molar-refractivity contribution is -0.120. The van der Waals surface area contributed by atoms with E-state index in [2.05, 4.69) is 10.6 Å². The van der Waals surface area contributed by atoms with E-state index >= 15 is 0 Å². The summed E-state index contributed by atoms with van der Waals surface area (Å²) in [6, 6.07) is 6.73. The van der Waals surface area contributed by atoms with Gasteiger partial charge in [-0.25, -0.2) is 18.0 Å². The zero-order valence-electron chi connectivity index (χ0n) is 19.1. The number of hydrogen-bond acceptors (Lipinski definition) is 8. The van der Waals surface area contributed by atoms with E-state index in [1.807, 2.05) is 6.92 Å². The Hall–Kier alpha value is -2.82. The summed E-state index contributed by atoms with van der Waals surface area (Å²) in [7, 11) is -3.59. The predicted molar refractivity (Wildman–Crippen MR) is 118 cm³/mol. The molecular weight excluding hydrogens is 440 g/mol. The van der Waals surface area contributed by atoms with Crippen molar-refractivity contribution in [1.82, 2.24) is 10.6 Å². The highest BCUT2D eigenvalue weighted by Gasteiger charge is 2.20. The molecule has 2 N–H and O–H groups in total. The van der Waals surface area contributed by atoms with E-state index in [4.69, 9.17) is 14.2 Å². The number of nitrogens with one attached hydrogen (secondary N) is 2. The van der Waals surface area contributed by atoms with Gasteiger partial charge >= 0.3 is 12.2 Å². The summed E-state index contributed by atoms with van der Waals surface area (Å²) >= 11 is 0. The van der Waals surface area contributed by atoms with Crippen molar-refractivity contribution in [1.29, 1.82) is 0 Å². The predicted octanol–water partition coefficient (Wildman–Crippen LogP) is 2.34. The van der Waals surface area contributed by atoms with Crippen LogP contribution in [0.2, 0.25) is 0 Å². The second kappa shape index (κ2) is 12.3. The molecule has 180 valence electrons. The molecular formula is C21H32N2O8S. The first kappa shape index (κ1) is 27.2. The Morgan fingerprint density at radius 3 is 2.25 bits per heavy atom. The lowest BCUT2D eigenvalue weighted by Gasteiger charge is -2.19. The van der Waals surface area contributed by atoms with Crippen LogP contribution in [-0.4, -0.2) is 62.9 Å². The molecule has 1 aromatic carbocycles. The minimum absolute atomic E-state index is 0.0242. The van der Waals surface area contributed by atoms with E-state index < -0.39 is 45.5 Å². The van der Waals surface area contributed by atoms with Crippen LogP contribution >= 0.6 is 0 Å². The third kappa shape index (κ3) is 12.8. The highest BCUT2D eigenvalue weighted by molar-refractivity contribution is 7.91. The van der Waals surface area contributed by atoms with Crippen molar-refractivity contribution in [3.05, 3.63) is 29.8 Å². The molecule has 0 radical (unpaired) electrons. The van der Waals surface area contributed by atoms with E-state index in [9.17, 15) is 22.8 Å². The summed E-state index contributed by atoms with van der Waals surface area (Å²) in [4.78, 5) is 35.1. The third-order valence-corrected chi connectivity index (χ3v) is 5.57. The molecule has 11 heteroatoms. The molecule has 0 spiro atoms. The van der Waals surface area contributed by atoms with Crippen LogP contribution in [0.15, 0.2) is 24.3 Å². The van der Waals surface area contributed by atoms with Crippen LogP contribution in [0.5, 0.6) is 5.75 Å². The fourth-order valence-corrected chi connectivity index (χ4v) is 3.76. The van der Waals surface area contributed by atoms with Gasteiger partial charge < -0.3 is 24.8 Å². The smallest absolute Gasteiger partial charge is 0.444 e. The Labute approximate surface area is 188 Å². The molecule has 0 aliphatic heterocycles. The summed E-state index contributed by atoms with van der Waals surface area (Å²) in [5.74, 6) is -0.855. The van der Waals surface area contributed by atoms with Crippen molar-refractivity contribution in [3.63, 3.8) is 0 Å². The van der Waals surface area contributed by atoms with Crippen LogP contribution < -0.4 is 15.4 Å². The van der Waals surface area contributed by atoms with Gasteiger partial charge in [-0.05, 0) is 46.8 Å². The minimum Gasteiger partial charge on any atom is -0.444 e. The van der Waals surface area contributed by atoms with Crippen LogP contribution in [0.25, 0.3) is 0 Å². The Kier molecular flexibility index (Phi) is 10.4. The topological polar surface area (TPSA) is 137 Å². The fraction of sp³-hybridized carbons (Fsp3) is 0.571. The maximum atomic E-state index is 12.2. The number of carbonyl (C=O) groups excluding carboxylic acids is 3. The minimum atomic E-state index is -3.59. The maximum Gasteiger partial charge on any atom is 0.514 e. The largest absolute Gasteiger partial charge is 0.514 e. The van der Waals surface area contributed by atoms with E-state index in [1.165, 1.54) is 6.92 Å². The molecule has 1 aromatic rings. The quantitative estimate of drug-likeness (QED) is 0.391. The van der Waals surface area contributed by atoms with Gasteiger partial charge in [-0.3, -0.25) is 4.79 Å². The monoisotopic (exact) mass is 472 g/mol. The first-order valence-electron chi connectivity index (χ1n) is 10.1. The van der Waals surface area contributed by atoms with Crippen LogP contribution in [0.4, 0.5) is 9.59 Å². The number of amides is 2. The van der Waals surface area contributed by atoms with Crippen LogP contribution in [-0.2, 0) is 24.1 Å². The number of benzene rings is 1. The average Bonchev–Trinajstić information content (AvgIpc) is 2.61. The van der Waals surface area contributed by atoms with Gasteiger partial charge in [0.2, 0.25) is 5.91 Å². The summed E-state index contributed by atoms with van der Waals surface area (Å²) in [5.41, 5.74) is 0.357. The Morgan fingerprint density at radius 2 is 1.66 bits per heavy atom. The van der Waals surface area contributed by atoms with Gasteiger partial charge in [-0.15, -0.1) is 0 Å². The number of sulfone groups is 1. The number of alkyl carbamates (subject to hydrolysis) is 1. The van der Waals surface area contributed by atoms with Crippen molar-refractivity contribution >= 4 is 28.0 Å². The molecule has 0 saturated heterocycles. The number of rotatable bonds is 10. The third-order valence-electron chi connectivity index (χ3n) is 3.76. The molecule has 1 unspecified atom stereocenters. The van der Waals surface area contributed by atoms with Crippen molar-refractivity contribution in [2.24, 2.45) is 0 Å². The van der Waals surface area contributed by atoms with E-state index in [0.29, 0.717) is 5.75 Å². The second-order valence-corrected chi connectivity index (χ2v) is 10.5. The number of aryl methyl sites for hydroxylation is 1. The molecule has 2 amide bonds. The molecule has 0 aliphatic carbocycles. The van der Waals surface area contributed by atoms with Gasteiger partial charge in [0, 0.05) is 19.5 Å². The summed E-state index contributed by atoms with van der Waals surface area (Å²) in [5, 5.41) is 4.91. The molecule has 1 rings (SSSR count). The lowest BCUT2D eigenvalue weighted by atomic mass is 10.2. The molecule has 1 atom stereocenters. The zero-order chi connectivity index (χ0) is 24.4. The normalized spacial score (nSPS) is 12.4. The summed E-state index contributed by atoms with van der Waals surface area (Å²) < 4.78 is 39.4. The van der Waals surface area contributed by atoms with E-state index in [0.717, 1.165) is 5.56 Å². The first-order chi connectivity index (χ1) is 14.8. The number of hydrogen-bond donors (Lipinski definition) is 2. The van der Waals surface area contributed by atoms with Gasteiger partial charge in [0.05, 0.1) is 11.5 Å². The number of carbonyl (C=O) groups is 3. The Bertz CT molecular complexity index is 876. The molecule has 0 aliphatic rings. The molecule has 0 bridgehead atoms. The molecule has 0 saturated carbocycles. The summed E-state index contributed by atoms with van der Waals surface area (Å²) in [6.07, 6.45) is -2.58. The zero-order valence-corrected chi connectivity index (χ0v) is 19.9. The molecule has 32 heavy (non-hydrogen) atoms. The van der Waals surface area contributed by atoms with Crippen LogP contribution in [0, 0.1) is 6.92 Å². The molecule has 0 fully saturated rings. The van der Waals surface area contributed by atoms with Gasteiger partial charge in [0.15, 0.2) is 9.84 Å². The van der Waals surface area contributed by atoms with Gasteiger partial charge in [0.1, 0.15) is 17.5 Å². The Balaban J connectivity index is 2.28. The molecule has 10 nitrogen and oxygen atoms in total. The van der Waals surface area contributed by atoms with Gasteiger partial charge in [-0.1, -0.05) is 17.7 Å². The Morgan fingerprint density at radius 1 is 1.03 bits per heavy atom. The fourth-order valence-electron chi connectivity index (χ4n) is 2.39. The highest BCUT2D eigenvalue weighted by Crippen LogP contribution is 2.13.